The number of azo groups is 1. The summed E-state index contributed by atoms with van der Waals surface area (Å²) in [5, 5.41) is 29.7. The highest BCUT2D eigenvalue weighted by molar-refractivity contribution is 6.02. The molecule has 0 saturated carbocycles. The Kier molecular flexibility index (Phi) is 4.75. The molecule has 150 valence electrons. The van der Waals surface area contributed by atoms with E-state index in [-0.39, 0.29) is 23.3 Å². The van der Waals surface area contributed by atoms with E-state index in [1.54, 1.807) is 32.0 Å². The molecule has 2 N–H and O–H groups in total. The molecule has 2 heterocycles. The SMILES string of the molecule is Cc1cc(C)nc(N=NC(=O)c2ccc3c(O)n(-c4ccccc4C)c(O)c3c2)n1. The third kappa shape index (κ3) is 3.39. The zero-order valence-electron chi connectivity index (χ0n) is 16.7. The van der Waals surface area contributed by atoms with E-state index in [0.717, 1.165) is 17.0 Å². The summed E-state index contributed by atoms with van der Waals surface area (Å²) in [6, 6.07) is 13.7. The second-order valence-electron chi connectivity index (χ2n) is 6.99. The van der Waals surface area contributed by atoms with Crippen molar-refractivity contribution in [2.24, 2.45) is 10.2 Å². The molecule has 0 aliphatic carbocycles. The van der Waals surface area contributed by atoms with Crippen molar-refractivity contribution in [3.05, 3.63) is 71.0 Å². The van der Waals surface area contributed by atoms with Crippen LogP contribution in [0.3, 0.4) is 0 Å². The standard InChI is InChI=1S/C22H19N5O3/c1-12-6-4-5-7-18(12)27-20(29)16-9-8-15(11-17(16)21(27)30)19(28)25-26-22-23-13(2)10-14(3)24-22/h4-11,29-30H,1-3H3. The minimum atomic E-state index is -0.609. The Morgan fingerprint density at radius 2 is 1.57 bits per heavy atom. The van der Waals surface area contributed by atoms with Crippen LogP contribution in [0.25, 0.3) is 16.5 Å². The minimum Gasteiger partial charge on any atom is -0.494 e. The first-order chi connectivity index (χ1) is 14.3. The second kappa shape index (κ2) is 7.40. The quantitative estimate of drug-likeness (QED) is 0.484. The van der Waals surface area contributed by atoms with Crippen LogP contribution >= 0.6 is 0 Å². The Balaban J connectivity index is 1.73. The average molecular weight is 401 g/mol. The molecule has 4 rings (SSSR count). The molecule has 0 unspecified atom stereocenters. The lowest BCUT2D eigenvalue weighted by Gasteiger charge is -2.09. The molecule has 0 aliphatic heterocycles. The number of aryl methyl sites for hydroxylation is 3. The summed E-state index contributed by atoms with van der Waals surface area (Å²) in [5.41, 5.74) is 3.18. The average Bonchev–Trinajstić information content (AvgIpc) is 2.96. The van der Waals surface area contributed by atoms with Gasteiger partial charge >= 0.3 is 0 Å². The van der Waals surface area contributed by atoms with Crippen molar-refractivity contribution < 1.29 is 15.0 Å². The van der Waals surface area contributed by atoms with Crippen LogP contribution in [-0.4, -0.2) is 30.7 Å². The Labute approximate surface area is 172 Å². The molecule has 2 aromatic carbocycles. The van der Waals surface area contributed by atoms with Gasteiger partial charge in [-0.3, -0.25) is 9.36 Å². The van der Waals surface area contributed by atoms with Crippen LogP contribution in [0.5, 0.6) is 11.8 Å². The molecular formula is C22H19N5O3. The molecule has 0 spiro atoms. The highest BCUT2D eigenvalue weighted by atomic mass is 16.3. The van der Waals surface area contributed by atoms with E-state index < -0.39 is 5.91 Å². The molecular weight excluding hydrogens is 382 g/mol. The normalized spacial score (nSPS) is 11.4. The number of amides is 1. The van der Waals surface area contributed by atoms with Gasteiger partial charge in [0.05, 0.1) is 5.69 Å². The third-order valence-corrected chi connectivity index (χ3v) is 4.73. The zero-order valence-corrected chi connectivity index (χ0v) is 16.7. The second-order valence-corrected chi connectivity index (χ2v) is 6.99. The maximum absolute atomic E-state index is 12.5. The van der Waals surface area contributed by atoms with Crippen LogP contribution in [0.15, 0.2) is 58.8 Å². The lowest BCUT2D eigenvalue weighted by atomic mass is 10.1. The molecule has 0 fully saturated rings. The van der Waals surface area contributed by atoms with Crippen molar-refractivity contribution in [2.45, 2.75) is 20.8 Å². The molecule has 2 aromatic heterocycles. The van der Waals surface area contributed by atoms with Crippen LogP contribution in [0, 0.1) is 20.8 Å². The Hall–Kier alpha value is -4.07. The van der Waals surface area contributed by atoms with Crippen molar-refractivity contribution >= 4 is 22.6 Å². The molecule has 0 aliphatic rings. The summed E-state index contributed by atoms with van der Waals surface area (Å²) in [6.07, 6.45) is 0. The van der Waals surface area contributed by atoms with Crippen molar-refractivity contribution in [3.8, 4) is 17.4 Å². The predicted molar refractivity (Wildman–Crippen MR) is 112 cm³/mol. The molecule has 0 bridgehead atoms. The van der Waals surface area contributed by atoms with E-state index in [2.05, 4.69) is 20.2 Å². The number of aromatic nitrogens is 3. The summed E-state index contributed by atoms with van der Waals surface area (Å²) in [6.45, 7) is 5.49. The maximum Gasteiger partial charge on any atom is 0.295 e. The summed E-state index contributed by atoms with van der Waals surface area (Å²) in [4.78, 5) is 20.7. The number of rotatable bonds is 3. The van der Waals surface area contributed by atoms with E-state index in [1.807, 2.05) is 25.1 Å². The van der Waals surface area contributed by atoms with Crippen molar-refractivity contribution in [3.63, 3.8) is 0 Å². The van der Waals surface area contributed by atoms with Gasteiger partial charge in [-0.15, -0.1) is 10.2 Å². The summed E-state index contributed by atoms with van der Waals surface area (Å²) >= 11 is 0. The van der Waals surface area contributed by atoms with E-state index in [0.29, 0.717) is 16.5 Å². The number of hydrogen-bond donors (Lipinski definition) is 2. The van der Waals surface area contributed by atoms with Gasteiger partial charge < -0.3 is 10.2 Å². The number of para-hydroxylation sites is 1. The smallest absolute Gasteiger partial charge is 0.295 e. The van der Waals surface area contributed by atoms with Gasteiger partial charge in [-0.1, -0.05) is 18.2 Å². The lowest BCUT2D eigenvalue weighted by molar-refractivity contribution is 0.0995. The van der Waals surface area contributed by atoms with E-state index in [1.165, 1.54) is 16.7 Å². The first-order valence-corrected chi connectivity index (χ1v) is 9.26. The van der Waals surface area contributed by atoms with Crippen LogP contribution in [-0.2, 0) is 0 Å². The zero-order chi connectivity index (χ0) is 21.4. The number of nitrogens with zero attached hydrogens (tertiary/aromatic N) is 5. The molecule has 8 nitrogen and oxygen atoms in total. The van der Waals surface area contributed by atoms with Crippen molar-refractivity contribution in [1.29, 1.82) is 0 Å². The number of carbonyl (C=O) groups is 1. The van der Waals surface area contributed by atoms with Crippen LogP contribution < -0.4 is 0 Å². The Bertz CT molecular complexity index is 1300. The number of aromatic hydroxyl groups is 2. The fraction of sp³-hybridized carbons (Fsp3) is 0.136. The number of hydrogen-bond acceptors (Lipinski definition) is 6. The summed E-state index contributed by atoms with van der Waals surface area (Å²) in [5.74, 6) is -0.780. The third-order valence-electron chi connectivity index (χ3n) is 4.73. The molecule has 0 atom stereocenters. The van der Waals surface area contributed by atoms with Gasteiger partial charge in [-0.25, -0.2) is 9.97 Å². The van der Waals surface area contributed by atoms with E-state index in [9.17, 15) is 15.0 Å². The molecule has 30 heavy (non-hydrogen) atoms. The largest absolute Gasteiger partial charge is 0.494 e. The van der Waals surface area contributed by atoms with Gasteiger partial charge in [0.1, 0.15) is 0 Å². The monoisotopic (exact) mass is 401 g/mol. The van der Waals surface area contributed by atoms with Crippen molar-refractivity contribution in [2.75, 3.05) is 0 Å². The van der Waals surface area contributed by atoms with Gasteiger partial charge in [-0.2, -0.15) is 0 Å². The number of fused-ring (bicyclic) bond motifs is 1. The Morgan fingerprint density at radius 3 is 2.27 bits per heavy atom. The molecule has 1 amide bonds. The van der Waals surface area contributed by atoms with E-state index in [4.69, 9.17) is 0 Å². The maximum atomic E-state index is 12.5. The predicted octanol–water partition coefficient (Wildman–Crippen LogP) is 4.68. The fourth-order valence-electron chi connectivity index (χ4n) is 3.34. The first kappa shape index (κ1) is 19.3. The van der Waals surface area contributed by atoms with Gasteiger partial charge in [0.15, 0.2) is 0 Å². The van der Waals surface area contributed by atoms with Crippen LogP contribution in [0.4, 0.5) is 5.95 Å². The fourth-order valence-corrected chi connectivity index (χ4v) is 3.34. The first-order valence-electron chi connectivity index (χ1n) is 9.26. The molecule has 0 radical (unpaired) electrons. The number of carbonyl (C=O) groups excluding carboxylic acids is 1. The van der Waals surface area contributed by atoms with Gasteiger partial charge in [0.25, 0.3) is 11.9 Å². The number of benzene rings is 2. The van der Waals surface area contributed by atoms with E-state index >= 15 is 0 Å². The lowest BCUT2D eigenvalue weighted by Crippen LogP contribution is -1.95. The van der Waals surface area contributed by atoms with Gasteiger partial charge in [0, 0.05) is 27.7 Å². The summed E-state index contributed by atoms with van der Waals surface area (Å²) in [7, 11) is 0. The van der Waals surface area contributed by atoms with Gasteiger partial charge in [-0.05, 0) is 56.7 Å². The minimum absolute atomic E-state index is 0.105. The highest BCUT2D eigenvalue weighted by Gasteiger charge is 2.20. The van der Waals surface area contributed by atoms with Gasteiger partial charge in [0.2, 0.25) is 11.8 Å². The van der Waals surface area contributed by atoms with Crippen molar-refractivity contribution in [1.82, 2.24) is 14.5 Å². The van der Waals surface area contributed by atoms with Crippen LogP contribution in [0.1, 0.15) is 27.3 Å². The topological polar surface area (TPSA) is 113 Å². The highest BCUT2D eigenvalue weighted by Crippen LogP contribution is 2.40. The molecule has 4 aromatic rings. The Morgan fingerprint density at radius 1 is 0.900 bits per heavy atom. The van der Waals surface area contributed by atoms with Crippen LogP contribution in [0.2, 0.25) is 0 Å². The molecule has 0 saturated heterocycles. The summed E-state index contributed by atoms with van der Waals surface area (Å²) < 4.78 is 1.35. The molecule has 8 heteroatoms.